The molecule has 0 aliphatic carbocycles. The summed E-state index contributed by atoms with van der Waals surface area (Å²) in [5.74, 6) is -0.448. The molecule has 2 saturated heterocycles. The maximum Gasteiger partial charge on any atom is 0.246 e. The molecule has 21 heavy (non-hydrogen) atoms. The molecule has 1 aromatic rings. The number of halogens is 1. The van der Waals surface area contributed by atoms with E-state index in [4.69, 9.17) is 0 Å². The van der Waals surface area contributed by atoms with Gasteiger partial charge < -0.3 is 4.90 Å². The largest absolute Gasteiger partial charge is 0.369 e. The Morgan fingerprint density at radius 1 is 1.05 bits per heavy atom. The number of carbonyl (C=O) groups is 2. The Kier molecular flexibility index (Phi) is 3.63. The predicted molar refractivity (Wildman–Crippen MR) is 76.4 cm³/mol. The second-order valence-corrected chi connectivity index (χ2v) is 5.51. The third kappa shape index (κ3) is 2.63. The van der Waals surface area contributed by atoms with Crippen LogP contribution in [0.15, 0.2) is 24.3 Å². The lowest BCUT2D eigenvalue weighted by Gasteiger charge is -2.38. The highest BCUT2D eigenvalue weighted by atomic mass is 19.1. The topological polar surface area (TPSA) is 43.9 Å². The van der Waals surface area contributed by atoms with Crippen LogP contribution in [0.2, 0.25) is 0 Å². The molecule has 2 heterocycles. The Morgan fingerprint density at radius 3 is 2.19 bits per heavy atom. The van der Waals surface area contributed by atoms with E-state index in [2.05, 4.69) is 9.80 Å². The summed E-state index contributed by atoms with van der Waals surface area (Å²) in [5, 5.41) is 0. The molecule has 0 spiro atoms. The molecule has 0 unspecified atom stereocenters. The molecule has 2 fully saturated rings. The van der Waals surface area contributed by atoms with Gasteiger partial charge in [0, 0.05) is 38.9 Å². The molecule has 0 N–H and O–H groups in total. The van der Waals surface area contributed by atoms with Gasteiger partial charge in [-0.25, -0.2) is 4.39 Å². The zero-order valence-electron chi connectivity index (χ0n) is 12.0. The highest BCUT2D eigenvalue weighted by molar-refractivity contribution is 6.05. The van der Waals surface area contributed by atoms with Gasteiger partial charge in [0.05, 0.1) is 12.5 Å². The third-order valence-corrected chi connectivity index (χ3v) is 4.30. The Balaban J connectivity index is 1.62. The van der Waals surface area contributed by atoms with E-state index < -0.39 is 0 Å². The van der Waals surface area contributed by atoms with Crippen LogP contribution in [0.5, 0.6) is 0 Å². The predicted octanol–water partition coefficient (Wildman–Crippen LogP) is 0.705. The van der Waals surface area contributed by atoms with Gasteiger partial charge in [0.15, 0.2) is 0 Å². The maximum atomic E-state index is 12.9. The van der Waals surface area contributed by atoms with E-state index in [0.29, 0.717) is 0 Å². The van der Waals surface area contributed by atoms with Crippen molar-refractivity contribution < 1.29 is 14.0 Å². The average Bonchev–Trinajstić information content (AvgIpc) is 2.76. The van der Waals surface area contributed by atoms with Crippen molar-refractivity contribution in [2.24, 2.45) is 0 Å². The van der Waals surface area contributed by atoms with Gasteiger partial charge in [0.25, 0.3) is 0 Å². The lowest BCUT2D eigenvalue weighted by Crippen LogP contribution is -2.52. The van der Waals surface area contributed by atoms with Gasteiger partial charge in [-0.1, -0.05) is 0 Å². The molecular formula is C15H18FN3O2. The number of amides is 2. The summed E-state index contributed by atoms with van der Waals surface area (Å²) < 4.78 is 12.9. The summed E-state index contributed by atoms with van der Waals surface area (Å²) in [4.78, 5) is 29.1. The molecule has 6 heteroatoms. The zero-order chi connectivity index (χ0) is 15.0. The molecule has 1 atom stereocenters. The highest BCUT2D eigenvalue weighted by Crippen LogP contribution is 2.21. The second kappa shape index (κ2) is 5.44. The fraction of sp³-hybridized carbons (Fsp3) is 0.467. The van der Waals surface area contributed by atoms with E-state index in [1.165, 1.54) is 17.0 Å². The number of nitrogens with zero attached hydrogens (tertiary/aromatic N) is 3. The maximum absolute atomic E-state index is 12.9. The van der Waals surface area contributed by atoms with E-state index >= 15 is 0 Å². The molecule has 5 nitrogen and oxygen atoms in total. The minimum Gasteiger partial charge on any atom is -0.369 e. The first-order valence-electron chi connectivity index (χ1n) is 7.11. The molecular weight excluding hydrogens is 273 g/mol. The van der Waals surface area contributed by atoms with Crippen molar-refractivity contribution in [3.63, 3.8) is 0 Å². The average molecular weight is 291 g/mol. The van der Waals surface area contributed by atoms with Gasteiger partial charge in [-0.3, -0.25) is 19.4 Å². The minimum atomic E-state index is -0.308. The van der Waals surface area contributed by atoms with Crippen molar-refractivity contribution >= 4 is 17.5 Å². The van der Waals surface area contributed by atoms with Crippen molar-refractivity contribution in [3.05, 3.63) is 30.1 Å². The van der Waals surface area contributed by atoms with Crippen LogP contribution >= 0.6 is 0 Å². The minimum absolute atomic E-state index is 0.102. The van der Waals surface area contributed by atoms with E-state index in [0.717, 1.165) is 31.9 Å². The van der Waals surface area contributed by atoms with Crippen molar-refractivity contribution in [2.75, 3.05) is 38.1 Å². The van der Waals surface area contributed by atoms with E-state index in [9.17, 15) is 14.0 Å². The van der Waals surface area contributed by atoms with Crippen molar-refractivity contribution in [1.82, 2.24) is 9.80 Å². The molecule has 0 aromatic heterocycles. The highest BCUT2D eigenvalue weighted by Gasteiger charge is 2.40. The first kappa shape index (κ1) is 14.0. The van der Waals surface area contributed by atoms with Crippen LogP contribution in [0.25, 0.3) is 0 Å². The molecule has 2 amide bonds. The van der Waals surface area contributed by atoms with Crippen LogP contribution in [0.3, 0.4) is 0 Å². The fourth-order valence-corrected chi connectivity index (χ4v) is 2.97. The lowest BCUT2D eigenvalue weighted by atomic mass is 10.1. The molecule has 1 aromatic carbocycles. The SMILES string of the molecule is CN1C(=O)C[C@H](N2CCN(c3ccc(F)cc3)CC2)C1=O. The van der Waals surface area contributed by atoms with E-state index in [1.54, 1.807) is 19.2 Å². The summed E-state index contributed by atoms with van der Waals surface area (Å²) in [6.45, 7) is 3.00. The van der Waals surface area contributed by atoms with Gasteiger partial charge in [0.1, 0.15) is 5.82 Å². The van der Waals surface area contributed by atoms with Gasteiger partial charge in [-0.05, 0) is 24.3 Å². The number of likely N-dealkylation sites (N-methyl/N-ethyl adjacent to an activating group) is 1. The standard InChI is InChI=1S/C15H18FN3O2/c1-17-14(20)10-13(15(17)21)19-8-6-18(7-9-19)12-4-2-11(16)3-5-12/h2-5,13H,6-10H2,1H3/t13-/m0/s1. The molecule has 0 saturated carbocycles. The molecule has 0 radical (unpaired) electrons. The molecule has 2 aliphatic rings. The summed E-state index contributed by atoms with van der Waals surface area (Å²) in [6, 6.07) is 6.13. The molecule has 2 aliphatic heterocycles. The van der Waals surface area contributed by atoms with E-state index in [1.807, 2.05) is 0 Å². The Morgan fingerprint density at radius 2 is 1.67 bits per heavy atom. The summed E-state index contributed by atoms with van der Waals surface area (Å²) in [7, 11) is 1.54. The van der Waals surface area contributed by atoms with Crippen molar-refractivity contribution in [1.29, 1.82) is 0 Å². The van der Waals surface area contributed by atoms with Crippen molar-refractivity contribution in [2.45, 2.75) is 12.5 Å². The summed E-state index contributed by atoms with van der Waals surface area (Å²) in [5.41, 5.74) is 0.988. The first-order chi connectivity index (χ1) is 10.1. The molecule has 3 rings (SSSR count). The molecule has 0 bridgehead atoms. The third-order valence-electron chi connectivity index (χ3n) is 4.30. The van der Waals surface area contributed by atoms with Crippen LogP contribution in [0, 0.1) is 5.82 Å². The quantitative estimate of drug-likeness (QED) is 0.753. The van der Waals surface area contributed by atoms with Crippen LogP contribution in [-0.4, -0.2) is 60.9 Å². The van der Waals surface area contributed by atoms with Crippen molar-refractivity contribution in [3.8, 4) is 0 Å². The number of anilines is 1. The van der Waals surface area contributed by atoms with Gasteiger partial charge >= 0.3 is 0 Å². The Labute approximate surface area is 122 Å². The monoisotopic (exact) mass is 291 g/mol. The Hall–Kier alpha value is -1.95. The van der Waals surface area contributed by atoms with Gasteiger partial charge in [-0.15, -0.1) is 0 Å². The van der Waals surface area contributed by atoms with Crippen LogP contribution in [-0.2, 0) is 9.59 Å². The first-order valence-corrected chi connectivity index (χ1v) is 7.11. The summed E-state index contributed by atoms with van der Waals surface area (Å²) >= 11 is 0. The fourth-order valence-electron chi connectivity index (χ4n) is 2.97. The molecule has 112 valence electrons. The number of carbonyl (C=O) groups excluding carboxylic acids is 2. The number of likely N-dealkylation sites (tertiary alicyclic amines) is 1. The smallest absolute Gasteiger partial charge is 0.246 e. The second-order valence-electron chi connectivity index (χ2n) is 5.51. The number of benzene rings is 1. The van der Waals surface area contributed by atoms with Gasteiger partial charge in [0.2, 0.25) is 11.8 Å². The normalized spacial score (nSPS) is 24.0. The van der Waals surface area contributed by atoms with Gasteiger partial charge in [-0.2, -0.15) is 0 Å². The van der Waals surface area contributed by atoms with Crippen LogP contribution in [0.4, 0.5) is 10.1 Å². The number of imide groups is 1. The van der Waals surface area contributed by atoms with Crippen LogP contribution < -0.4 is 4.90 Å². The Bertz CT molecular complexity index is 553. The number of rotatable bonds is 2. The van der Waals surface area contributed by atoms with E-state index in [-0.39, 0.29) is 30.1 Å². The number of hydrogen-bond acceptors (Lipinski definition) is 4. The zero-order valence-corrected chi connectivity index (χ0v) is 12.0. The number of hydrogen-bond donors (Lipinski definition) is 0. The summed E-state index contributed by atoms with van der Waals surface area (Å²) in [6.07, 6.45) is 0.284. The lowest BCUT2D eigenvalue weighted by molar-refractivity contribution is -0.138. The van der Waals surface area contributed by atoms with Crippen LogP contribution in [0.1, 0.15) is 6.42 Å². The number of piperazine rings is 1.